The minimum Gasteiger partial charge on any atom is -0.324 e. The molecule has 2 fully saturated rings. The molecule has 118 valence electrons. The Hall–Kier alpha value is -2.03. The van der Waals surface area contributed by atoms with E-state index in [2.05, 4.69) is 10.9 Å². The lowest BCUT2D eigenvalue weighted by atomic mass is 10.0. The molecule has 0 aromatic heterocycles. The maximum absolute atomic E-state index is 12.1. The number of nitrogens with zero attached hydrogens (tertiary/aromatic N) is 3. The van der Waals surface area contributed by atoms with Crippen LogP contribution in [0.2, 0.25) is 0 Å². The lowest BCUT2D eigenvalue weighted by Gasteiger charge is -2.29. The molecule has 2 heterocycles. The molecule has 2 aliphatic heterocycles. The maximum Gasteiger partial charge on any atom is 0.344 e. The van der Waals surface area contributed by atoms with Crippen LogP contribution in [0.25, 0.3) is 0 Å². The van der Waals surface area contributed by atoms with Crippen molar-refractivity contribution in [2.45, 2.75) is 38.8 Å². The monoisotopic (exact) mass is 299 g/mol. The molecule has 2 bridgehead atoms. The summed E-state index contributed by atoms with van der Waals surface area (Å²) in [5.41, 5.74) is 4.68. The quantitative estimate of drug-likeness (QED) is 0.492. The number of carbonyl (C=O) groups is 3. The van der Waals surface area contributed by atoms with Gasteiger partial charge in [-0.15, -0.1) is 0 Å². The Morgan fingerprint density at radius 2 is 1.95 bits per heavy atom. The normalized spacial score (nSPS) is 24.0. The first-order chi connectivity index (χ1) is 9.99. The third kappa shape index (κ3) is 2.87. The van der Waals surface area contributed by atoms with Crippen LogP contribution in [-0.4, -0.2) is 69.8 Å². The van der Waals surface area contributed by atoms with Gasteiger partial charge in [-0.25, -0.2) is 20.1 Å². The molecule has 9 heteroatoms. The second-order valence-electron chi connectivity index (χ2n) is 5.12. The fourth-order valence-corrected chi connectivity index (χ4v) is 2.71. The predicted molar refractivity (Wildman–Crippen MR) is 72.1 cm³/mol. The summed E-state index contributed by atoms with van der Waals surface area (Å²) in [5, 5.41) is 10.2. The molecule has 9 nitrogen and oxygen atoms in total. The van der Waals surface area contributed by atoms with Crippen molar-refractivity contribution < 1.29 is 19.6 Å². The van der Waals surface area contributed by atoms with Crippen molar-refractivity contribution in [2.24, 2.45) is 0 Å². The van der Waals surface area contributed by atoms with Gasteiger partial charge >= 0.3 is 12.1 Å². The van der Waals surface area contributed by atoms with E-state index in [1.807, 2.05) is 13.8 Å². The van der Waals surface area contributed by atoms with Crippen molar-refractivity contribution in [3.8, 4) is 0 Å². The highest BCUT2D eigenvalue weighted by atomic mass is 16.5. The highest BCUT2D eigenvalue weighted by Crippen LogP contribution is 2.28. The van der Waals surface area contributed by atoms with E-state index < -0.39 is 24.0 Å². The van der Waals surface area contributed by atoms with E-state index in [9.17, 15) is 19.6 Å². The minimum atomic E-state index is -0.664. The minimum absolute atomic E-state index is 0.244. The molecule has 2 atom stereocenters. The van der Waals surface area contributed by atoms with Gasteiger partial charge in [0.25, 0.3) is 5.91 Å². The molecule has 0 aliphatic carbocycles. The van der Waals surface area contributed by atoms with Crippen LogP contribution in [0.5, 0.6) is 0 Å². The summed E-state index contributed by atoms with van der Waals surface area (Å²) < 4.78 is 0. The summed E-state index contributed by atoms with van der Waals surface area (Å²) in [5.74, 6) is -0.447. The van der Waals surface area contributed by atoms with Gasteiger partial charge in [-0.2, -0.15) is 0 Å². The Kier molecular flexibility index (Phi) is 4.51. The third-order valence-electron chi connectivity index (χ3n) is 3.99. The summed E-state index contributed by atoms with van der Waals surface area (Å²) in [6.45, 7) is 5.08. The van der Waals surface area contributed by atoms with Gasteiger partial charge in [0.1, 0.15) is 6.04 Å². The molecule has 0 aromatic carbocycles. The number of fused-ring (bicyclic) bond motifs is 2. The van der Waals surface area contributed by atoms with Crippen LogP contribution in [0.1, 0.15) is 26.7 Å². The number of amides is 5. The van der Waals surface area contributed by atoms with Crippen LogP contribution in [0.15, 0.2) is 0 Å². The van der Waals surface area contributed by atoms with Crippen molar-refractivity contribution in [1.29, 1.82) is 0 Å². The molecular weight excluding hydrogens is 278 g/mol. The van der Waals surface area contributed by atoms with E-state index in [-0.39, 0.29) is 6.04 Å². The molecule has 2 rings (SSSR count). The van der Waals surface area contributed by atoms with Crippen LogP contribution in [0.3, 0.4) is 0 Å². The highest BCUT2D eigenvalue weighted by molar-refractivity contribution is 5.89. The number of rotatable bonds is 3. The standard InChI is InChI=1S/C12H21N5O4/c1-3-15(4-2)11(19)14-13-10(18)9-6-5-8-7-16(9)12(20)17(8)21/h8-9,21H,3-7H2,1-2H3,(H,13,18)(H,14,19)/t8-,9+/m1/s1. The van der Waals surface area contributed by atoms with Gasteiger partial charge in [0.05, 0.1) is 6.04 Å². The number of hydroxylamine groups is 2. The first-order valence-corrected chi connectivity index (χ1v) is 7.13. The smallest absolute Gasteiger partial charge is 0.324 e. The molecule has 2 aliphatic rings. The number of nitrogens with one attached hydrogen (secondary N) is 2. The first kappa shape index (κ1) is 15.4. The van der Waals surface area contributed by atoms with Crippen LogP contribution >= 0.6 is 0 Å². The zero-order chi connectivity index (χ0) is 15.6. The zero-order valence-electron chi connectivity index (χ0n) is 12.2. The lowest BCUT2D eigenvalue weighted by Crippen LogP contribution is -2.56. The van der Waals surface area contributed by atoms with Crippen LogP contribution in [-0.2, 0) is 4.79 Å². The SMILES string of the molecule is CCN(CC)C(=O)NNC(=O)[C@@H]1CC[C@@H]2CN1C(=O)N2O. The molecule has 3 N–H and O–H groups in total. The van der Waals surface area contributed by atoms with Gasteiger partial charge in [0.15, 0.2) is 0 Å². The largest absolute Gasteiger partial charge is 0.344 e. The number of hydrazine groups is 1. The second-order valence-corrected chi connectivity index (χ2v) is 5.12. The van der Waals surface area contributed by atoms with E-state index in [1.165, 1.54) is 9.80 Å². The first-order valence-electron chi connectivity index (χ1n) is 7.13. The molecule has 0 aromatic rings. The fraction of sp³-hybridized carbons (Fsp3) is 0.750. The Morgan fingerprint density at radius 3 is 2.57 bits per heavy atom. The maximum atomic E-state index is 12.1. The Bertz CT molecular complexity index is 439. The van der Waals surface area contributed by atoms with Gasteiger partial charge in [0, 0.05) is 19.6 Å². The lowest BCUT2D eigenvalue weighted by molar-refractivity contribution is -0.126. The molecule has 0 spiro atoms. The molecule has 0 saturated carbocycles. The molecule has 0 radical (unpaired) electrons. The van der Waals surface area contributed by atoms with Crippen molar-refractivity contribution in [1.82, 2.24) is 25.7 Å². The van der Waals surface area contributed by atoms with E-state index in [1.54, 1.807) is 0 Å². The van der Waals surface area contributed by atoms with E-state index >= 15 is 0 Å². The number of piperidine rings is 1. The topological polar surface area (TPSA) is 105 Å². The summed E-state index contributed by atoms with van der Waals surface area (Å²) in [6.07, 6.45) is 1.02. The average Bonchev–Trinajstić information content (AvgIpc) is 2.71. The van der Waals surface area contributed by atoms with Gasteiger partial charge in [-0.3, -0.25) is 15.4 Å². The van der Waals surface area contributed by atoms with Gasteiger partial charge in [-0.05, 0) is 26.7 Å². The number of hydrogen-bond acceptors (Lipinski definition) is 4. The van der Waals surface area contributed by atoms with Crippen molar-refractivity contribution in [2.75, 3.05) is 19.6 Å². The molecule has 21 heavy (non-hydrogen) atoms. The van der Waals surface area contributed by atoms with Crippen molar-refractivity contribution >= 4 is 18.0 Å². The third-order valence-corrected chi connectivity index (χ3v) is 3.99. The Balaban J connectivity index is 1.89. The molecule has 5 amide bonds. The van der Waals surface area contributed by atoms with Gasteiger partial charge in [0.2, 0.25) is 0 Å². The molecule has 2 saturated heterocycles. The van der Waals surface area contributed by atoms with Gasteiger partial charge in [-0.1, -0.05) is 0 Å². The number of hydrogen-bond donors (Lipinski definition) is 3. The van der Waals surface area contributed by atoms with Crippen molar-refractivity contribution in [3.63, 3.8) is 0 Å². The van der Waals surface area contributed by atoms with E-state index in [0.29, 0.717) is 37.5 Å². The van der Waals surface area contributed by atoms with E-state index in [0.717, 1.165) is 0 Å². The van der Waals surface area contributed by atoms with E-state index in [4.69, 9.17) is 0 Å². The Morgan fingerprint density at radius 1 is 1.29 bits per heavy atom. The molecular formula is C12H21N5O4. The summed E-state index contributed by atoms with van der Waals surface area (Å²) in [4.78, 5) is 38.5. The van der Waals surface area contributed by atoms with Crippen LogP contribution in [0, 0.1) is 0 Å². The number of carbonyl (C=O) groups excluding carboxylic acids is 3. The second kappa shape index (κ2) is 6.17. The summed E-state index contributed by atoms with van der Waals surface area (Å²) >= 11 is 0. The van der Waals surface area contributed by atoms with Crippen LogP contribution < -0.4 is 10.9 Å². The van der Waals surface area contributed by atoms with Crippen LogP contribution in [0.4, 0.5) is 9.59 Å². The number of urea groups is 2. The Labute approximate surface area is 122 Å². The predicted octanol–water partition coefficient (Wildman–Crippen LogP) is -0.273. The summed E-state index contributed by atoms with van der Waals surface area (Å²) in [6, 6.07) is -1.86. The molecule has 0 unspecified atom stereocenters. The van der Waals surface area contributed by atoms with Crippen molar-refractivity contribution in [3.05, 3.63) is 0 Å². The average molecular weight is 299 g/mol. The highest BCUT2D eigenvalue weighted by Gasteiger charge is 2.46. The van der Waals surface area contributed by atoms with Gasteiger partial charge < -0.3 is 9.80 Å². The zero-order valence-corrected chi connectivity index (χ0v) is 12.2. The summed E-state index contributed by atoms with van der Waals surface area (Å²) in [7, 11) is 0. The fourth-order valence-electron chi connectivity index (χ4n) is 2.71.